The highest BCUT2D eigenvalue weighted by Crippen LogP contribution is 2.38. The zero-order valence-electron chi connectivity index (χ0n) is 20.5. The highest BCUT2D eigenvalue weighted by Gasteiger charge is 2.38. The van der Waals surface area contributed by atoms with Crippen LogP contribution in [0, 0.1) is 0 Å². The molecule has 1 saturated heterocycles. The molecule has 0 radical (unpaired) electrons. The smallest absolute Gasteiger partial charge is 0.243 e. The fourth-order valence-electron chi connectivity index (χ4n) is 5.55. The van der Waals surface area contributed by atoms with Crippen molar-refractivity contribution in [2.24, 2.45) is 0 Å². The fraction of sp³-hybridized carbons (Fsp3) is 0.276. The van der Waals surface area contributed by atoms with Crippen LogP contribution in [0.2, 0.25) is 5.02 Å². The maximum atomic E-state index is 13.8. The summed E-state index contributed by atoms with van der Waals surface area (Å²) >= 11 is 6.39. The quantitative estimate of drug-likeness (QED) is 0.421. The lowest BCUT2D eigenvalue weighted by Gasteiger charge is -2.41. The number of carbonyl (C=O) groups excluding carboxylic acids is 1. The fourth-order valence-corrected chi connectivity index (χ4v) is 5.75. The molecule has 1 unspecified atom stereocenters. The molecule has 0 bridgehead atoms. The molecule has 2 aliphatic rings. The number of nitrogens with zero attached hydrogens (tertiary/aromatic N) is 4. The number of amides is 1. The SMILES string of the molecule is O=C(Nc1cccc(Cn2ccnc2)c1)C1CNCCN1[C@@H]1c2ccc(Cl)cc2CCc2cccnc21. The van der Waals surface area contributed by atoms with Crippen molar-refractivity contribution < 1.29 is 4.79 Å². The van der Waals surface area contributed by atoms with Gasteiger partial charge in [0.1, 0.15) is 6.04 Å². The van der Waals surface area contributed by atoms with Gasteiger partial charge in [-0.05, 0) is 65.4 Å². The van der Waals surface area contributed by atoms with Crippen molar-refractivity contribution in [2.75, 3.05) is 25.0 Å². The number of piperazine rings is 1. The molecule has 7 nitrogen and oxygen atoms in total. The summed E-state index contributed by atoms with van der Waals surface area (Å²) in [4.78, 5) is 25.0. The second-order valence-electron chi connectivity index (χ2n) is 9.68. The second-order valence-corrected chi connectivity index (χ2v) is 10.1. The first-order chi connectivity index (χ1) is 18.2. The van der Waals surface area contributed by atoms with Crippen LogP contribution in [0.3, 0.4) is 0 Å². The molecule has 6 rings (SSSR count). The summed E-state index contributed by atoms with van der Waals surface area (Å²) in [6.45, 7) is 2.82. The molecule has 2 aromatic heterocycles. The van der Waals surface area contributed by atoms with Crippen LogP contribution < -0.4 is 10.6 Å². The number of fused-ring (bicyclic) bond motifs is 2. The predicted molar refractivity (Wildman–Crippen MR) is 145 cm³/mol. The van der Waals surface area contributed by atoms with Gasteiger partial charge in [-0.15, -0.1) is 0 Å². The topological polar surface area (TPSA) is 75.1 Å². The van der Waals surface area contributed by atoms with Crippen LogP contribution in [-0.4, -0.2) is 51.0 Å². The molecule has 3 heterocycles. The standard InChI is InChI=1S/C29H29ClN6O/c30-23-8-9-25-22(16-23)7-6-21-4-2-10-33-27(21)28(25)36-14-12-31-17-26(36)29(37)34-24-5-1-3-20(15-24)18-35-13-11-32-19-35/h1-5,8-11,13,15-16,19,26,28,31H,6-7,12,14,17-18H2,(H,34,37)/t26?,28-/m1/s1. The van der Waals surface area contributed by atoms with E-state index in [1.807, 2.05) is 47.3 Å². The Morgan fingerprint density at radius 2 is 2.00 bits per heavy atom. The molecule has 2 N–H and O–H groups in total. The maximum Gasteiger partial charge on any atom is 0.243 e. The number of aryl methyl sites for hydroxylation is 2. The summed E-state index contributed by atoms with van der Waals surface area (Å²) in [6, 6.07) is 17.8. The third-order valence-electron chi connectivity index (χ3n) is 7.29. The molecule has 0 spiro atoms. The van der Waals surface area contributed by atoms with Crippen molar-refractivity contribution in [3.63, 3.8) is 0 Å². The van der Waals surface area contributed by atoms with Crippen molar-refractivity contribution in [3.8, 4) is 0 Å². The number of rotatable bonds is 5. The van der Waals surface area contributed by atoms with Crippen LogP contribution >= 0.6 is 11.6 Å². The van der Waals surface area contributed by atoms with Gasteiger partial charge in [-0.2, -0.15) is 0 Å². The molecule has 188 valence electrons. The first kappa shape index (κ1) is 23.9. The maximum absolute atomic E-state index is 13.8. The number of hydrogen-bond acceptors (Lipinski definition) is 5. The second kappa shape index (κ2) is 10.5. The molecule has 1 fully saturated rings. The summed E-state index contributed by atoms with van der Waals surface area (Å²) in [5, 5.41) is 7.35. The minimum atomic E-state index is -0.354. The van der Waals surface area contributed by atoms with Gasteiger partial charge in [-0.25, -0.2) is 4.98 Å². The molecule has 1 amide bonds. The Hall–Kier alpha value is -3.52. The lowest BCUT2D eigenvalue weighted by Crippen LogP contribution is -2.57. The van der Waals surface area contributed by atoms with Gasteiger partial charge in [0.2, 0.25) is 5.91 Å². The molecule has 37 heavy (non-hydrogen) atoms. The monoisotopic (exact) mass is 512 g/mol. The van der Waals surface area contributed by atoms with Crippen LogP contribution in [0.25, 0.3) is 0 Å². The Bertz CT molecular complexity index is 1410. The molecule has 8 heteroatoms. The van der Waals surface area contributed by atoms with E-state index in [4.69, 9.17) is 16.6 Å². The first-order valence-electron chi connectivity index (χ1n) is 12.7. The van der Waals surface area contributed by atoms with Gasteiger partial charge in [0, 0.05) is 55.5 Å². The molecule has 2 aromatic carbocycles. The zero-order chi connectivity index (χ0) is 25.2. The van der Waals surface area contributed by atoms with E-state index in [0.717, 1.165) is 47.9 Å². The predicted octanol–water partition coefficient (Wildman–Crippen LogP) is 4.08. The van der Waals surface area contributed by atoms with Crippen LogP contribution in [0.1, 0.15) is 34.0 Å². The lowest BCUT2D eigenvalue weighted by molar-refractivity contribution is -0.122. The zero-order valence-corrected chi connectivity index (χ0v) is 21.2. The van der Waals surface area contributed by atoms with Crippen LogP contribution in [-0.2, 0) is 24.2 Å². The van der Waals surface area contributed by atoms with Gasteiger partial charge in [0.05, 0.1) is 18.1 Å². The number of pyridine rings is 1. The Kier molecular flexibility index (Phi) is 6.74. The average molecular weight is 513 g/mol. The van der Waals surface area contributed by atoms with Crippen molar-refractivity contribution in [1.82, 2.24) is 24.8 Å². The summed E-state index contributed by atoms with van der Waals surface area (Å²) in [5.41, 5.74) is 6.56. The molecular weight excluding hydrogens is 484 g/mol. The van der Waals surface area contributed by atoms with Crippen LogP contribution in [0.15, 0.2) is 79.5 Å². The third-order valence-corrected chi connectivity index (χ3v) is 7.52. The molecular formula is C29H29ClN6O. The van der Waals surface area contributed by atoms with Gasteiger partial charge in [0.25, 0.3) is 0 Å². The highest BCUT2D eigenvalue weighted by molar-refractivity contribution is 6.30. The summed E-state index contributed by atoms with van der Waals surface area (Å²) < 4.78 is 2.01. The van der Waals surface area contributed by atoms with Crippen molar-refractivity contribution >= 4 is 23.2 Å². The van der Waals surface area contributed by atoms with E-state index < -0.39 is 0 Å². The molecule has 2 atom stereocenters. The Balaban J connectivity index is 1.31. The third kappa shape index (κ3) is 5.03. The Morgan fingerprint density at radius 3 is 2.89 bits per heavy atom. The van der Waals surface area contributed by atoms with Crippen molar-refractivity contribution in [2.45, 2.75) is 31.5 Å². The largest absolute Gasteiger partial charge is 0.333 e. The normalized spacial score (nSPS) is 19.5. The van der Waals surface area contributed by atoms with Gasteiger partial charge >= 0.3 is 0 Å². The van der Waals surface area contributed by atoms with Crippen LogP contribution in [0.4, 0.5) is 5.69 Å². The van der Waals surface area contributed by atoms with E-state index in [1.165, 1.54) is 16.7 Å². The number of carbonyl (C=O) groups is 1. The van der Waals surface area contributed by atoms with E-state index in [2.05, 4.69) is 44.8 Å². The number of imidazole rings is 1. The number of hydrogen-bond donors (Lipinski definition) is 2. The summed E-state index contributed by atoms with van der Waals surface area (Å²) in [7, 11) is 0. The van der Waals surface area contributed by atoms with E-state index >= 15 is 0 Å². The number of halogens is 1. The lowest BCUT2D eigenvalue weighted by atomic mass is 9.94. The van der Waals surface area contributed by atoms with E-state index in [9.17, 15) is 4.79 Å². The minimum absolute atomic E-state index is 0.0239. The van der Waals surface area contributed by atoms with Crippen molar-refractivity contribution in [3.05, 3.63) is 112 Å². The number of aromatic nitrogens is 3. The number of benzene rings is 2. The minimum Gasteiger partial charge on any atom is -0.333 e. The summed E-state index contributed by atoms with van der Waals surface area (Å²) in [5.74, 6) is -0.0239. The molecule has 1 aliphatic carbocycles. The van der Waals surface area contributed by atoms with E-state index in [0.29, 0.717) is 13.1 Å². The molecule has 0 saturated carbocycles. The Morgan fingerprint density at radius 1 is 1.08 bits per heavy atom. The molecule has 1 aliphatic heterocycles. The van der Waals surface area contributed by atoms with Gasteiger partial charge in [-0.1, -0.05) is 35.9 Å². The van der Waals surface area contributed by atoms with Gasteiger partial charge < -0.3 is 15.2 Å². The van der Waals surface area contributed by atoms with Gasteiger partial charge in [0.15, 0.2) is 0 Å². The Labute approximate surface area is 221 Å². The molecule has 4 aromatic rings. The average Bonchev–Trinajstić information content (AvgIpc) is 3.37. The van der Waals surface area contributed by atoms with Crippen LogP contribution in [0.5, 0.6) is 0 Å². The summed E-state index contributed by atoms with van der Waals surface area (Å²) in [6.07, 6.45) is 9.15. The van der Waals surface area contributed by atoms with E-state index in [-0.39, 0.29) is 18.0 Å². The van der Waals surface area contributed by atoms with E-state index in [1.54, 1.807) is 12.5 Å². The highest BCUT2D eigenvalue weighted by atomic mass is 35.5. The first-order valence-corrected chi connectivity index (χ1v) is 13.1. The van der Waals surface area contributed by atoms with Crippen molar-refractivity contribution in [1.29, 1.82) is 0 Å². The van der Waals surface area contributed by atoms with Gasteiger partial charge in [-0.3, -0.25) is 14.7 Å². The number of anilines is 1. The number of nitrogens with one attached hydrogen (secondary N) is 2.